The van der Waals surface area contributed by atoms with Crippen LogP contribution >= 0.6 is 11.6 Å². The third-order valence-corrected chi connectivity index (χ3v) is 1.84. The number of carbonyl (C=O) groups is 2. The number of hydrogen-bond donors (Lipinski definition) is 3. The molecule has 0 unspecified atom stereocenters. The molecule has 92 valence electrons. The maximum absolute atomic E-state index is 13.0. The molecule has 2 amide bonds. The normalized spacial score (nSPS) is 9.76. The number of carbonyl (C=O) groups excluding carboxylic acids is 1. The summed E-state index contributed by atoms with van der Waals surface area (Å²) in [6.45, 7) is -0.678. The van der Waals surface area contributed by atoms with Crippen LogP contribution < -0.4 is 10.8 Å². The molecule has 1 aromatic carbocycles. The van der Waals surface area contributed by atoms with Crippen LogP contribution in [0.15, 0.2) is 18.2 Å². The predicted molar refractivity (Wildman–Crippen MR) is 57.2 cm³/mol. The van der Waals surface area contributed by atoms with Gasteiger partial charge in [0.15, 0.2) is 6.61 Å². The second kappa shape index (κ2) is 6.02. The quantitative estimate of drug-likeness (QED) is 0.720. The molecule has 17 heavy (non-hydrogen) atoms. The molecule has 0 radical (unpaired) electrons. The van der Waals surface area contributed by atoms with E-state index in [0.717, 1.165) is 6.07 Å². The van der Waals surface area contributed by atoms with Crippen molar-refractivity contribution in [3.8, 4) is 0 Å². The van der Waals surface area contributed by atoms with Crippen molar-refractivity contribution in [3.05, 3.63) is 29.0 Å². The number of urea groups is 1. The van der Waals surface area contributed by atoms with Gasteiger partial charge in [0.05, 0.1) is 5.02 Å². The topological polar surface area (TPSA) is 87.7 Å². The monoisotopic (exact) mass is 262 g/mol. The molecular weight excluding hydrogens is 255 g/mol. The van der Waals surface area contributed by atoms with Gasteiger partial charge < -0.3 is 10.4 Å². The Hall–Kier alpha value is -1.86. The lowest BCUT2D eigenvalue weighted by atomic mass is 10.3. The first-order chi connectivity index (χ1) is 7.99. The van der Waals surface area contributed by atoms with Crippen LogP contribution in [0.2, 0.25) is 5.02 Å². The summed E-state index contributed by atoms with van der Waals surface area (Å²) in [6.07, 6.45) is 0. The number of aliphatic carboxylic acids is 1. The van der Waals surface area contributed by atoms with Gasteiger partial charge in [0.2, 0.25) is 0 Å². The molecule has 0 aliphatic carbocycles. The summed E-state index contributed by atoms with van der Waals surface area (Å²) in [7, 11) is 0. The Balaban J connectivity index is 2.45. The Bertz CT molecular complexity index is 441. The molecule has 8 heteroatoms. The molecule has 0 heterocycles. The van der Waals surface area contributed by atoms with E-state index < -0.39 is 24.4 Å². The van der Waals surface area contributed by atoms with E-state index in [4.69, 9.17) is 16.7 Å². The number of hydrogen-bond acceptors (Lipinski definition) is 3. The molecule has 0 spiro atoms. The molecule has 1 rings (SSSR count). The first kappa shape index (κ1) is 13.2. The maximum Gasteiger partial charge on any atom is 0.343 e. The van der Waals surface area contributed by atoms with Gasteiger partial charge in [-0.2, -0.15) is 0 Å². The van der Waals surface area contributed by atoms with Crippen molar-refractivity contribution in [3.63, 3.8) is 0 Å². The van der Waals surface area contributed by atoms with E-state index in [0.29, 0.717) is 0 Å². The van der Waals surface area contributed by atoms with Gasteiger partial charge in [-0.25, -0.2) is 19.5 Å². The van der Waals surface area contributed by atoms with Crippen LogP contribution in [0.25, 0.3) is 0 Å². The van der Waals surface area contributed by atoms with Crippen LogP contribution in [0.3, 0.4) is 0 Å². The fourth-order valence-electron chi connectivity index (χ4n) is 0.894. The number of amides is 2. The fourth-order valence-corrected chi connectivity index (χ4v) is 1.01. The molecule has 0 aliphatic rings. The van der Waals surface area contributed by atoms with E-state index in [-0.39, 0.29) is 10.7 Å². The van der Waals surface area contributed by atoms with E-state index in [1.807, 2.05) is 5.48 Å². The van der Waals surface area contributed by atoms with E-state index >= 15 is 0 Å². The second-order valence-electron chi connectivity index (χ2n) is 2.87. The second-order valence-corrected chi connectivity index (χ2v) is 3.27. The number of nitrogens with one attached hydrogen (secondary N) is 2. The van der Waals surface area contributed by atoms with Gasteiger partial charge in [0, 0.05) is 5.69 Å². The zero-order chi connectivity index (χ0) is 12.8. The largest absolute Gasteiger partial charge is 0.479 e. The Kier molecular flexibility index (Phi) is 4.68. The highest BCUT2D eigenvalue weighted by Gasteiger charge is 2.05. The molecule has 0 fully saturated rings. The van der Waals surface area contributed by atoms with Crippen molar-refractivity contribution in [2.45, 2.75) is 0 Å². The van der Waals surface area contributed by atoms with Gasteiger partial charge in [-0.15, -0.1) is 0 Å². The number of carboxylic acid groups (broad SMARTS) is 1. The Morgan fingerprint density at radius 2 is 2.18 bits per heavy atom. The van der Waals surface area contributed by atoms with Crippen LogP contribution in [-0.2, 0) is 9.63 Å². The first-order valence-electron chi connectivity index (χ1n) is 4.34. The van der Waals surface area contributed by atoms with Crippen molar-refractivity contribution >= 4 is 29.3 Å². The summed E-state index contributed by atoms with van der Waals surface area (Å²) in [5.74, 6) is -1.92. The SMILES string of the molecule is O=C(O)CONC(=O)Nc1ccc(Cl)c(F)c1. The Labute approximate surface area is 100 Å². The molecule has 0 aliphatic heterocycles. The van der Waals surface area contributed by atoms with E-state index in [9.17, 15) is 14.0 Å². The molecule has 6 nitrogen and oxygen atoms in total. The predicted octanol–water partition coefficient (Wildman–Crippen LogP) is 1.62. The molecule has 0 atom stereocenters. The summed E-state index contributed by atoms with van der Waals surface area (Å²) in [4.78, 5) is 25.5. The standard InChI is InChI=1S/C9H8ClFN2O4/c10-6-2-1-5(3-7(6)11)12-9(16)13-17-4-8(14)15/h1-3H,4H2,(H,14,15)(H2,12,13,16). The third kappa shape index (κ3) is 4.66. The molecule has 0 aromatic heterocycles. The minimum absolute atomic E-state index is 0.0712. The van der Waals surface area contributed by atoms with Crippen molar-refractivity contribution in [2.75, 3.05) is 11.9 Å². The molecule has 0 saturated heterocycles. The Morgan fingerprint density at radius 1 is 1.47 bits per heavy atom. The van der Waals surface area contributed by atoms with Gasteiger partial charge in [-0.1, -0.05) is 11.6 Å². The number of rotatable bonds is 4. The van der Waals surface area contributed by atoms with Crippen molar-refractivity contribution in [1.82, 2.24) is 5.48 Å². The minimum atomic E-state index is -1.23. The molecular formula is C9H8ClFN2O4. The van der Waals surface area contributed by atoms with Crippen LogP contribution in [0.1, 0.15) is 0 Å². The van der Waals surface area contributed by atoms with E-state index in [1.165, 1.54) is 12.1 Å². The van der Waals surface area contributed by atoms with Crippen LogP contribution in [0.4, 0.5) is 14.9 Å². The average Bonchev–Trinajstić information content (AvgIpc) is 2.23. The number of hydroxylamine groups is 1. The summed E-state index contributed by atoms with van der Waals surface area (Å²) < 4.78 is 13.0. The summed E-state index contributed by atoms with van der Waals surface area (Å²) in [5.41, 5.74) is 1.97. The first-order valence-corrected chi connectivity index (χ1v) is 4.72. The van der Waals surface area contributed by atoms with E-state index in [2.05, 4.69) is 10.2 Å². The van der Waals surface area contributed by atoms with Crippen LogP contribution in [0, 0.1) is 5.82 Å². The van der Waals surface area contributed by atoms with Gasteiger partial charge in [0.25, 0.3) is 0 Å². The summed E-state index contributed by atoms with van der Waals surface area (Å²) in [6, 6.07) is 2.83. The van der Waals surface area contributed by atoms with Crippen LogP contribution in [0.5, 0.6) is 0 Å². The zero-order valence-corrected chi connectivity index (χ0v) is 9.12. The third-order valence-electron chi connectivity index (χ3n) is 1.54. The van der Waals surface area contributed by atoms with Gasteiger partial charge >= 0.3 is 12.0 Å². The highest BCUT2D eigenvalue weighted by Crippen LogP contribution is 2.18. The lowest BCUT2D eigenvalue weighted by molar-refractivity contribution is -0.143. The molecule has 3 N–H and O–H groups in total. The summed E-state index contributed by atoms with van der Waals surface area (Å²) in [5, 5.41) is 10.4. The van der Waals surface area contributed by atoms with Crippen LogP contribution in [-0.4, -0.2) is 23.7 Å². The number of carboxylic acids is 1. The van der Waals surface area contributed by atoms with Gasteiger partial charge in [-0.05, 0) is 18.2 Å². The number of benzene rings is 1. The average molecular weight is 263 g/mol. The molecule has 0 bridgehead atoms. The maximum atomic E-state index is 13.0. The lowest BCUT2D eigenvalue weighted by Crippen LogP contribution is -2.30. The van der Waals surface area contributed by atoms with Crippen molar-refractivity contribution in [2.24, 2.45) is 0 Å². The van der Waals surface area contributed by atoms with Crippen molar-refractivity contribution in [1.29, 1.82) is 0 Å². The summed E-state index contributed by atoms with van der Waals surface area (Å²) >= 11 is 5.44. The van der Waals surface area contributed by atoms with E-state index in [1.54, 1.807) is 0 Å². The highest BCUT2D eigenvalue weighted by atomic mass is 35.5. The minimum Gasteiger partial charge on any atom is -0.479 e. The zero-order valence-electron chi connectivity index (χ0n) is 8.37. The smallest absolute Gasteiger partial charge is 0.343 e. The van der Waals surface area contributed by atoms with Crippen molar-refractivity contribution < 1.29 is 23.9 Å². The molecule has 0 saturated carbocycles. The fraction of sp³-hybridized carbons (Fsp3) is 0.111. The van der Waals surface area contributed by atoms with Gasteiger partial charge in [-0.3, -0.25) is 4.84 Å². The van der Waals surface area contributed by atoms with Gasteiger partial charge in [0.1, 0.15) is 5.82 Å². The highest BCUT2D eigenvalue weighted by molar-refractivity contribution is 6.30. The number of anilines is 1. The Morgan fingerprint density at radius 3 is 2.76 bits per heavy atom. The molecule has 1 aromatic rings. The number of halogens is 2. The lowest BCUT2D eigenvalue weighted by Gasteiger charge is -2.06.